The smallest absolute Gasteiger partial charge is 0.306 e. The van der Waals surface area contributed by atoms with Gasteiger partial charge in [-0.05, 0) is 6.42 Å². The number of nitrogens with zero attached hydrogens (tertiary/aromatic N) is 2. The van der Waals surface area contributed by atoms with Crippen molar-refractivity contribution in [1.29, 1.82) is 0 Å². The number of rotatable bonds is 6. The van der Waals surface area contributed by atoms with E-state index in [2.05, 4.69) is 9.64 Å². The second-order valence-corrected chi connectivity index (χ2v) is 6.47. The molecular formula is C11H22N2O4S. The van der Waals surface area contributed by atoms with Crippen LogP contribution in [-0.2, 0) is 19.6 Å². The first kappa shape index (κ1) is 15.4. The molecular weight excluding hydrogens is 256 g/mol. The van der Waals surface area contributed by atoms with Crippen LogP contribution in [-0.4, -0.2) is 69.2 Å². The highest BCUT2D eigenvalue weighted by molar-refractivity contribution is 7.89. The average molecular weight is 278 g/mol. The van der Waals surface area contributed by atoms with E-state index >= 15 is 0 Å². The second-order valence-electron chi connectivity index (χ2n) is 4.38. The molecule has 1 saturated heterocycles. The van der Waals surface area contributed by atoms with Gasteiger partial charge in [0.1, 0.15) is 0 Å². The van der Waals surface area contributed by atoms with Crippen molar-refractivity contribution in [1.82, 2.24) is 9.21 Å². The minimum absolute atomic E-state index is 0.217. The Morgan fingerprint density at radius 3 is 2.33 bits per heavy atom. The Bertz CT molecular complexity index is 361. The molecule has 7 heteroatoms. The lowest BCUT2D eigenvalue weighted by Gasteiger charge is -2.33. The molecule has 18 heavy (non-hydrogen) atoms. The van der Waals surface area contributed by atoms with Crippen LogP contribution in [0.5, 0.6) is 0 Å². The Kier molecular flexibility index (Phi) is 6.04. The lowest BCUT2D eigenvalue weighted by Crippen LogP contribution is -2.49. The van der Waals surface area contributed by atoms with Crippen molar-refractivity contribution < 1.29 is 17.9 Å². The molecule has 1 heterocycles. The first-order valence-electron chi connectivity index (χ1n) is 6.26. The zero-order valence-electron chi connectivity index (χ0n) is 11.1. The molecule has 1 aliphatic rings. The van der Waals surface area contributed by atoms with Crippen molar-refractivity contribution in [2.24, 2.45) is 0 Å². The number of hydrogen-bond donors (Lipinski definition) is 0. The molecule has 1 rings (SSSR count). The highest BCUT2D eigenvalue weighted by Crippen LogP contribution is 2.09. The molecule has 0 aromatic heterocycles. The first-order valence-corrected chi connectivity index (χ1v) is 7.87. The molecule has 0 aliphatic carbocycles. The van der Waals surface area contributed by atoms with Gasteiger partial charge in [-0.2, -0.15) is 4.31 Å². The summed E-state index contributed by atoms with van der Waals surface area (Å²) in [5.74, 6) is -0.00847. The molecule has 1 aliphatic heterocycles. The van der Waals surface area contributed by atoms with Gasteiger partial charge >= 0.3 is 5.97 Å². The third-order valence-corrected chi connectivity index (χ3v) is 5.12. The lowest BCUT2D eigenvalue weighted by atomic mass is 10.3. The summed E-state index contributed by atoms with van der Waals surface area (Å²) >= 11 is 0. The summed E-state index contributed by atoms with van der Waals surface area (Å²) < 4.78 is 29.8. The summed E-state index contributed by atoms with van der Waals surface area (Å²) in [6, 6.07) is 0. The highest BCUT2D eigenvalue weighted by atomic mass is 32.2. The van der Waals surface area contributed by atoms with Crippen molar-refractivity contribution in [3.63, 3.8) is 0 Å². The van der Waals surface area contributed by atoms with Gasteiger partial charge in [-0.15, -0.1) is 0 Å². The standard InChI is InChI=1S/C11H22N2O4S/c1-3-10-18(15,16)13-8-6-12(7-9-13)5-4-11(14)17-2/h3-10H2,1-2H3. The molecule has 0 radical (unpaired) electrons. The molecule has 0 bridgehead atoms. The normalized spacial score (nSPS) is 18.8. The lowest BCUT2D eigenvalue weighted by molar-refractivity contribution is -0.141. The van der Waals surface area contributed by atoms with Crippen molar-refractivity contribution >= 4 is 16.0 Å². The van der Waals surface area contributed by atoms with Gasteiger partial charge < -0.3 is 9.64 Å². The van der Waals surface area contributed by atoms with E-state index < -0.39 is 10.0 Å². The number of sulfonamides is 1. The van der Waals surface area contributed by atoms with Gasteiger partial charge in [-0.3, -0.25) is 4.79 Å². The van der Waals surface area contributed by atoms with E-state index in [1.165, 1.54) is 7.11 Å². The third-order valence-electron chi connectivity index (χ3n) is 3.05. The van der Waals surface area contributed by atoms with Crippen molar-refractivity contribution in [3.8, 4) is 0 Å². The van der Waals surface area contributed by atoms with Crippen molar-refractivity contribution in [2.45, 2.75) is 19.8 Å². The zero-order chi connectivity index (χ0) is 13.6. The Morgan fingerprint density at radius 1 is 1.22 bits per heavy atom. The summed E-state index contributed by atoms with van der Waals surface area (Å²) in [5.41, 5.74) is 0. The summed E-state index contributed by atoms with van der Waals surface area (Å²) in [6.45, 7) is 4.89. The molecule has 0 spiro atoms. The van der Waals surface area contributed by atoms with Crippen LogP contribution >= 0.6 is 0 Å². The molecule has 0 unspecified atom stereocenters. The summed E-state index contributed by atoms with van der Waals surface area (Å²) in [5, 5.41) is 0. The minimum Gasteiger partial charge on any atom is -0.469 e. The van der Waals surface area contributed by atoms with Gasteiger partial charge in [0.25, 0.3) is 0 Å². The molecule has 0 saturated carbocycles. The minimum atomic E-state index is -3.08. The van der Waals surface area contributed by atoms with Gasteiger partial charge in [0.15, 0.2) is 0 Å². The number of piperazine rings is 1. The Hall–Kier alpha value is -0.660. The van der Waals surface area contributed by atoms with E-state index in [4.69, 9.17) is 0 Å². The van der Waals surface area contributed by atoms with E-state index in [-0.39, 0.29) is 11.7 Å². The van der Waals surface area contributed by atoms with Gasteiger partial charge in [0.05, 0.1) is 19.3 Å². The highest BCUT2D eigenvalue weighted by Gasteiger charge is 2.26. The van der Waals surface area contributed by atoms with Crippen LogP contribution in [0.25, 0.3) is 0 Å². The fourth-order valence-electron chi connectivity index (χ4n) is 1.97. The van der Waals surface area contributed by atoms with E-state index in [0.29, 0.717) is 45.6 Å². The number of carbonyl (C=O) groups excluding carboxylic acids is 1. The molecule has 1 fully saturated rings. The van der Waals surface area contributed by atoms with Gasteiger partial charge in [0.2, 0.25) is 10.0 Å². The summed E-state index contributed by atoms with van der Waals surface area (Å²) in [4.78, 5) is 13.1. The number of esters is 1. The summed E-state index contributed by atoms with van der Waals surface area (Å²) in [6.07, 6.45) is 1.00. The van der Waals surface area contributed by atoms with E-state index in [0.717, 1.165) is 0 Å². The van der Waals surface area contributed by atoms with Crippen LogP contribution in [0.1, 0.15) is 19.8 Å². The largest absolute Gasteiger partial charge is 0.469 e. The van der Waals surface area contributed by atoms with Gasteiger partial charge in [-0.1, -0.05) is 6.92 Å². The fourth-order valence-corrected chi connectivity index (χ4v) is 3.46. The fraction of sp³-hybridized carbons (Fsp3) is 0.909. The summed E-state index contributed by atoms with van der Waals surface area (Å²) in [7, 11) is -1.71. The third kappa shape index (κ3) is 4.55. The topological polar surface area (TPSA) is 66.9 Å². The zero-order valence-corrected chi connectivity index (χ0v) is 11.9. The predicted octanol–water partition coefficient (Wildman–Crippen LogP) is -0.0931. The van der Waals surface area contributed by atoms with Gasteiger partial charge in [-0.25, -0.2) is 8.42 Å². The SMILES string of the molecule is CCCS(=O)(=O)N1CCN(CCC(=O)OC)CC1. The van der Waals surface area contributed by atoms with Crippen LogP contribution in [0.4, 0.5) is 0 Å². The quantitative estimate of drug-likeness (QED) is 0.635. The Labute approximate surface area is 109 Å². The molecule has 0 amide bonds. The second kappa shape index (κ2) is 7.06. The average Bonchev–Trinajstić information content (AvgIpc) is 2.36. The Balaban J connectivity index is 2.35. The maximum Gasteiger partial charge on any atom is 0.306 e. The monoisotopic (exact) mass is 278 g/mol. The number of ether oxygens (including phenoxy) is 1. The van der Waals surface area contributed by atoms with Crippen LogP contribution < -0.4 is 0 Å². The first-order chi connectivity index (χ1) is 8.49. The number of methoxy groups -OCH3 is 1. The van der Waals surface area contributed by atoms with Crippen LogP contribution in [0.15, 0.2) is 0 Å². The van der Waals surface area contributed by atoms with Gasteiger partial charge in [0, 0.05) is 32.7 Å². The maximum absolute atomic E-state index is 11.8. The van der Waals surface area contributed by atoms with Crippen LogP contribution in [0.3, 0.4) is 0 Å². The molecule has 0 N–H and O–H groups in total. The molecule has 106 valence electrons. The van der Waals surface area contributed by atoms with Crippen molar-refractivity contribution in [2.75, 3.05) is 45.6 Å². The molecule has 0 aromatic carbocycles. The van der Waals surface area contributed by atoms with Crippen LogP contribution in [0, 0.1) is 0 Å². The predicted molar refractivity (Wildman–Crippen MR) is 68.7 cm³/mol. The number of carbonyl (C=O) groups is 1. The van der Waals surface area contributed by atoms with E-state index in [1.54, 1.807) is 4.31 Å². The Morgan fingerprint density at radius 2 is 1.83 bits per heavy atom. The number of hydrogen-bond acceptors (Lipinski definition) is 5. The molecule has 0 atom stereocenters. The molecule has 0 aromatic rings. The van der Waals surface area contributed by atoms with E-state index in [9.17, 15) is 13.2 Å². The van der Waals surface area contributed by atoms with Crippen molar-refractivity contribution in [3.05, 3.63) is 0 Å². The van der Waals surface area contributed by atoms with E-state index in [1.807, 2.05) is 6.92 Å². The van der Waals surface area contributed by atoms with Crippen LogP contribution in [0.2, 0.25) is 0 Å². The maximum atomic E-state index is 11.8. The molecule has 6 nitrogen and oxygen atoms in total.